The van der Waals surface area contributed by atoms with E-state index in [1.165, 1.54) is 5.57 Å². The third kappa shape index (κ3) is 2.20. The standard InChI is InChI=1S/C11H17N3S/c1-11(5-6-15-10(13)14-11)8-3-2-4-9(12)7-8/h3,7H,2,4-6,12H2,1H3,(H2,13,14). The fourth-order valence-corrected chi connectivity index (χ4v) is 2.97. The van der Waals surface area contributed by atoms with Gasteiger partial charge >= 0.3 is 0 Å². The number of amidine groups is 1. The first-order valence-corrected chi connectivity index (χ1v) is 6.23. The maximum absolute atomic E-state index is 5.86. The van der Waals surface area contributed by atoms with Gasteiger partial charge in [0.2, 0.25) is 0 Å². The Hall–Kier alpha value is -0.900. The van der Waals surface area contributed by atoms with Crippen molar-refractivity contribution in [1.29, 1.82) is 0 Å². The van der Waals surface area contributed by atoms with Crippen LogP contribution in [0.3, 0.4) is 0 Å². The van der Waals surface area contributed by atoms with Crippen molar-refractivity contribution in [2.24, 2.45) is 16.5 Å². The summed E-state index contributed by atoms with van der Waals surface area (Å²) in [7, 11) is 0. The smallest absolute Gasteiger partial charge is 0.154 e. The van der Waals surface area contributed by atoms with E-state index in [1.54, 1.807) is 11.8 Å². The molecule has 0 saturated carbocycles. The summed E-state index contributed by atoms with van der Waals surface area (Å²) in [5.41, 5.74) is 13.7. The quantitative estimate of drug-likeness (QED) is 0.712. The first kappa shape index (κ1) is 10.6. The van der Waals surface area contributed by atoms with Crippen molar-refractivity contribution in [2.75, 3.05) is 5.75 Å². The third-order valence-corrected chi connectivity index (χ3v) is 3.75. The van der Waals surface area contributed by atoms with E-state index in [0.717, 1.165) is 30.7 Å². The molecule has 4 heteroatoms. The molecule has 1 atom stereocenters. The van der Waals surface area contributed by atoms with Gasteiger partial charge in [-0.1, -0.05) is 17.8 Å². The van der Waals surface area contributed by atoms with Crippen molar-refractivity contribution in [3.63, 3.8) is 0 Å². The molecule has 2 rings (SSSR count). The van der Waals surface area contributed by atoms with Crippen LogP contribution in [0.5, 0.6) is 0 Å². The molecule has 0 saturated heterocycles. The maximum Gasteiger partial charge on any atom is 0.154 e. The summed E-state index contributed by atoms with van der Waals surface area (Å²) in [6, 6.07) is 0. The fourth-order valence-electron chi connectivity index (χ4n) is 2.00. The van der Waals surface area contributed by atoms with Gasteiger partial charge in [-0.15, -0.1) is 0 Å². The Balaban J connectivity index is 2.29. The van der Waals surface area contributed by atoms with Gasteiger partial charge in [0.15, 0.2) is 5.17 Å². The number of rotatable bonds is 1. The Bertz CT molecular complexity index is 357. The number of nitrogens with zero attached hydrogens (tertiary/aromatic N) is 1. The average molecular weight is 223 g/mol. The summed E-state index contributed by atoms with van der Waals surface area (Å²) < 4.78 is 0. The Morgan fingerprint density at radius 2 is 2.27 bits per heavy atom. The highest BCUT2D eigenvalue weighted by atomic mass is 32.2. The van der Waals surface area contributed by atoms with Crippen LogP contribution in [0.4, 0.5) is 0 Å². The van der Waals surface area contributed by atoms with Crippen LogP contribution in [0, 0.1) is 0 Å². The molecular weight excluding hydrogens is 206 g/mol. The molecule has 0 fully saturated rings. The van der Waals surface area contributed by atoms with Crippen molar-refractivity contribution in [1.82, 2.24) is 0 Å². The van der Waals surface area contributed by atoms with Crippen molar-refractivity contribution in [3.8, 4) is 0 Å². The molecule has 1 unspecified atom stereocenters. The van der Waals surface area contributed by atoms with E-state index in [9.17, 15) is 0 Å². The van der Waals surface area contributed by atoms with Gasteiger partial charge in [0.25, 0.3) is 0 Å². The van der Waals surface area contributed by atoms with Gasteiger partial charge < -0.3 is 11.5 Å². The molecule has 0 radical (unpaired) electrons. The molecule has 82 valence electrons. The fraction of sp³-hybridized carbons (Fsp3) is 0.545. The summed E-state index contributed by atoms with van der Waals surface area (Å²) in [4.78, 5) is 4.56. The van der Waals surface area contributed by atoms with Crippen molar-refractivity contribution < 1.29 is 0 Å². The lowest BCUT2D eigenvalue weighted by atomic mass is 9.85. The van der Waals surface area contributed by atoms with Crippen LogP contribution < -0.4 is 11.5 Å². The van der Waals surface area contributed by atoms with E-state index < -0.39 is 0 Å². The first-order valence-electron chi connectivity index (χ1n) is 5.25. The Morgan fingerprint density at radius 3 is 2.93 bits per heavy atom. The second-order valence-corrected chi connectivity index (χ2v) is 5.35. The predicted molar refractivity (Wildman–Crippen MR) is 66.7 cm³/mol. The van der Waals surface area contributed by atoms with E-state index in [2.05, 4.69) is 24.1 Å². The molecule has 0 bridgehead atoms. The topological polar surface area (TPSA) is 64.4 Å². The van der Waals surface area contributed by atoms with Gasteiger partial charge in [0, 0.05) is 11.4 Å². The van der Waals surface area contributed by atoms with Crippen LogP contribution in [0.25, 0.3) is 0 Å². The zero-order chi connectivity index (χ0) is 10.9. The largest absolute Gasteiger partial charge is 0.402 e. The number of hydrogen-bond donors (Lipinski definition) is 2. The molecule has 1 heterocycles. The van der Waals surface area contributed by atoms with Crippen LogP contribution in [0.2, 0.25) is 0 Å². The van der Waals surface area contributed by atoms with E-state index in [0.29, 0.717) is 5.17 Å². The molecule has 15 heavy (non-hydrogen) atoms. The summed E-state index contributed by atoms with van der Waals surface area (Å²) in [6.45, 7) is 2.14. The summed E-state index contributed by atoms with van der Waals surface area (Å²) in [6.07, 6.45) is 7.33. The van der Waals surface area contributed by atoms with E-state index in [1.807, 2.05) is 0 Å². The van der Waals surface area contributed by atoms with Gasteiger partial charge in [0.05, 0.1) is 5.54 Å². The minimum absolute atomic E-state index is 0.152. The van der Waals surface area contributed by atoms with Crippen LogP contribution in [0.1, 0.15) is 26.2 Å². The third-order valence-electron chi connectivity index (χ3n) is 2.96. The second-order valence-electron chi connectivity index (χ2n) is 4.24. The highest BCUT2D eigenvalue weighted by Gasteiger charge is 2.31. The first-order chi connectivity index (χ1) is 7.10. The number of thioether (sulfide) groups is 1. The van der Waals surface area contributed by atoms with Crippen LogP contribution in [-0.4, -0.2) is 16.5 Å². The molecule has 0 aromatic carbocycles. The lowest BCUT2D eigenvalue weighted by Crippen LogP contribution is -2.33. The number of aliphatic imine (C=N–C) groups is 1. The molecule has 1 aliphatic carbocycles. The van der Waals surface area contributed by atoms with Crippen LogP contribution in [-0.2, 0) is 0 Å². The zero-order valence-corrected chi connectivity index (χ0v) is 9.81. The second kappa shape index (κ2) is 3.93. The van der Waals surface area contributed by atoms with Gasteiger partial charge in [-0.05, 0) is 37.8 Å². The molecule has 4 N–H and O–H groups in total. The van der Waals surface area contributed by atoms with Crippen molar-refractivity contribution >= 4 is 16.9 Å². The highest BCUT2D eigenvalue weighted by Crippen LogP contribution is 2.34. The number of allylic oxidation sites excluding steroid dienone is 2. The number of nitrogens with two attached hydrogens (primary N) is 2. The maximum atomic E-state index is 5.86. The summed E-state index contributed by atoms with van der Waals surface area (Å²) in [5.74, 6) is 1.04. The minimum Gasteiger partial charge on any atom is -0.402 e. The van der Waals surface area contributed by atoms with Gasteiger partial charge in [-0.2, -0.15) is 0 Å². The lowest BCUT2D eigenvalue weighted by molar-refractivity contribution is 0.540. The molecule has 0 spiro atoms. The Morgan fingerprint density at radius 1 is 1.47 bits per heavy atom. The Labute approximate surface area is 94.7 Å². The van der Waals surface area contributed by atoms with Gasteiger partial charge in [-0.25, -0.2) is 0 Å². The van der Waals surface area contributed by atoms with Crippen LogP contribution in [0.15, 0.2) is 28.4 Å². The van der Waals surface area contributed by atoms with E-state index in [-0.39, 0.29) is 5.54 Å². The lowest BCUT2D eigenvalue weighted by Gasteiger charge is -2.32. The van der Waals surface area contributed by atoms with Crippen LogP contribution >= 0.6 is 11.8 Å². The SMILES string of the molecule is CC1(C2=CCCC(N)=C2)CCSC(N)=N1. The molecule has 1 aliphatic heterocycles. The number of hydrogen-bond acceptors (Lipinski definition) is 4. The summed E-state index contributed by atoms with van der Waals surface area (Å²) in [5, 5.41) is 0.696. The van der Waals surface area contributed by atoms with E-state index in [4.69, 9.17) is 11.5 Å². The summed E-state index contributed by atoms with van der Waals surface area (Å²) >= 11 is 1.63. The minimum atomic E-state index is -0.152. The predicted octanol–water partition coefficient (Wildman–Crippen LogP) is 1.76. The normalized spacial score (nSPS) is 31.7. The molecule has 0 amide bonds. The van der Waals surface area contributed by atoms with Crippen molar-refractivity contribution in [2.45, 2.75) is 31.7 Å². The zero-order valence-electron chi connectivity index (χ0n) is 8.99. The monoisotopic (exact) mass is 223 g/mol. The Kier molecular flexibility index (Phi) is 2.78. The average Bonchev–Trinajstić information content (AvgIpc) is 2.17. The highest BCUT2D eigenvalue weighted by molar-refractivity contribution is 8.13. The van der Waals surface area contributed by atoms with Crippen molar-refractivity contribution in [3.05, 3.63) is 23.4 Å². The van der Waals surface area contributed by atoms with Gasteiger partial charge in [-0.3, -0.25) is 4.99 Å². The molecule has 3 nitrogen and oxygen atoms in total. The van der Waals surface area contributed by atoms with E-state index >= 15 is 0 Å². The molecule has 0 aromatic heterocycles. The molecule has 2 aliphatic rings. The molecule has 0 aromatic rings. The van der Waals surface area contributed by atoms with Gasteiger partial charge in [0.1, 0.15) is 0 Å². The molecular formula is C11H17N3S.